The predicted molar refractivity (Wildman–Crippen MR) is 57.6 cm³/mol. The first kappa shape index (κ1) is 13.5. The van der Waals surface area contributed by atoms with Gasteiger partial charge in [-0.2, -0.15) is 14.7 Å². The third kappa shape index (κ3) is 2.95. The third-order valence-corrected chi connectivity index (χ3v) is 2.70. The molecule has 1 aromatic carbocycles. The van der Waals surface area contributed by atoms with E-state index in [1.54, 1.807) is 0 Å². The molecule has 0 bridgehead atoms. The lowest BCUT2D eigenvalue weighted by Gasteiger charge is -2.04. The van der Waals surface area contributed by atoms with Gasteiger partial charge in [-0.15, -0.1) is 0 Å². The molecular weight excluding hydrogens is 253 g/mol. The maximum Gasteiger partial charge on any atom is 0.483 e. The van der Waals surface area contributed by atoms with Crippen LogP contribution in [0.4, 0.5) is 5.69 Å². The zero-order chi connectivity index (χ0) is 13.2. The van der Waals surface area contributed by atoms with Gasteiger partial charge in [0.15, 0.2) is 5.75 Å². The van der Waals surface area contributed by atoms with Crippen molar-refractivity contribution in [3.8, 4) is 5.75 Å². The van der Waals surface area contributed by atoms with Gasteiger partial charge in [-0.05, 0) is 12.1 Å². The van der Waals surface area contributed by atoms with Gasteiger partial charge < -0.3 is 4.74 Å². The predicted octanol–water partition coefficient (Wildman–Crippen LogP) is 0.483. The summed E-state index contributed by atoms with van der Waals surface area (Å²) in [6.45, 7) is 0. The third-order valence-electron chi connectivity index (χ3n) is 1.89. The fourth-order valence-electron chi connectivity index (χ4n) is 1.14. The second-order valence-corrected chi connectivity index (χ2v) is 4.56. The Morgan fingerprint density at radius 1 is 1.41 bits per heavy atom. The quantitative estimate of drug-likeness (QED) is 0.408. The minimum Gasteiger partial charge on any atom is -0.490 e. The summed E-state index contributed by atoms with van der Waals surface area (Å²) in [5, 5.41) is 10.6. The number of hydrogen-bond donors (Lipinski definition) is 3. The number of carbonyl (C=O) groups excluding carboxylic acids is 1. The van der Waals surface area contributed by atoms with Crippen LogP contribution in [0.5, 0.6) is 5.75 Å². The summed E-state index contributed by atoms with van der Waals surface area (Å²) in [6, 6.07) is 3.02. The number of nitro benzene ring substituents is 1. The van der Waals surface area contributed by atoms with Crippen LogP contribution in [0.25, 0.3) is 0 Å². The van der Waals surface area contributed by atoms with Gasteiger partial charge in [-0.25, -0.2) is 4.79 Å². The van der Waals surface area contributed by atoms with Crippen LogP contribution in [0.1, 0.15) is 10.4 Å². The Morgan fingerprint density at radius 3 is 2.41 bits per heavy atom. The molecule has 0 aliphatic rings. The molecule has 1 aromatic rings. The average molecular weight is 262 g/mol. The normalized spacial score (nSPS) is 11.1. The highest BCUT2D eigenvalue weighted by atomic mass is 31.2. The monoisotopic (exact) mass is 262 g/mol. The van der Waals surface area contributed by atoms with Gasteiger partial charge in [-0.3, -0.25) is 10.1 Å². The fraction of sp³-hybridized carbons (Fsp3) is 0.125. The van der Waals surface area contributed by atoms with Crippen LogP contribution >= 0.6 is 7.94 Å². The zero-order valence-corrected chi connectivity index (χ0v) is 9.50. The lowest BCUT2D eigenvalue weighted by molar-refractivity contribution is -0.385. The highest BCUT2D eigenvalue weighted by Crippen LogP contribution is 2.48. The van der Waals surface area contributed by atoms with Crippen LogP contribution in [0.15, 0.2) is 18.2 Å². The van der Waals surface area contributed by atoms with Crippen LogP contribution in [-0.4, -0.2) is 32.2 Å². The molecule has 0 atom stereocenters. The Kier molecular flexibility index (Phi) is 3.74. The SMILES string of the molecule is COc1ccc(C(=O)[P+](O)(O)O)cc1[N+](=O)[O-]. The summed E-state index contributed by atoms with van der Waals surface area (Å²) in [5.74, 6) is -0.0793. The van der Waals surface area contributed by atoms with E-state index < -0.39 is 24.1 Å². The van der Waals surface area contributed by atoms with Crippen molar-refractivity contribution in [3.05, 3.63) is 33.9 Å². The molecule has 0 saturated heterocycles. The Bertz CT molecular complexity index is 467. The Balaban J connectivity index is 3.26. The van der Waals surface area contributed by atoms with E-state index in [1.807, 2.05) is 0 Å². The summed E-state index contributed by atoms with van der Waals surface area (Å²) in [5.41, 5.74) is -2.24. The zero-order valence-electron chi connectivity index (χ0n) is 8.60. The van der Waals surface area contributed by atoms with Crippen molar-refractivity contribution >= 4 is 19.2 Å². The molecule has 1 rings (SSSR count). The highest BCUT2D eigenvalue weighted by Gasteiger charge is 2.44. The number of ether oxygens (including phenoxy) is 1. The molecule has 0 saturated carbocycles. The smallest absolute Gasteiger partial charge is 0.483 e. The summed E-state index contributed by atoms with van der Waals surface area (Å²) < 4.78 is 4.70. The van der Waals surface area contributed by atoms with Crippen molar-refractivity contribution in [2.24, 2.45) is 0 Å². The van der Waals surface area contributed by atoms with E-state index in [4.69, 9.17) is 19.4 Å². The largest absolute Gasteiger partial charge is 0.490 e. The molecule has 0 unspecified atom stereocenters. The second kappa shape index (κ2) is 4.72. The van der Waals surface area contributed by atoms with Crippen LogP contribution in [-0.2, 0) is 0 Å². The molecular formula is C8H9NO7P+. The summed E-state index contributed by atoms with van der Waals surface area (Å²) in [7, 11) is -3.49. The van der Waals surface area contributed by atoms with Crippen molar-refractivity contribution in [1.82, 2.24) is 0 Å². The lowest BCUT2D eigenvalue weighted by atomic mass is 10.2. The molecule has 0 radical (unpaired) electrons. The van der Waals surface area contributed by atoms with Gasteiger partial charge in [0.25, 0.3) is 0 Å². The first-order valence-electron chi connectivity index (χ1n) is 4.22. The van der Waals surface area contributed by atoms with Crippen molar-refractivity contribution in [3.63, 3.8) is 0 Å². The molecule has 0 aromatic heterocycles. The van der Waals surface area contributed by atoms with E-state index in [2.05, 4.69) is 0 Å². The molecule has 3 N–H and O–H groups in total. The maximum absolute atomic E-state index is 11.3. The van der Waals surface area contributed by atoms with Crippen molar-refractivity contribution in [2.45, 2.75) is 0 Å². The Labute approximate surface area is 95.8 Å². The van der Waals surface area contributed by atoms with Crippen molar-refractivity contribution < 1.29 is 29.1 Å². The Morgan fingerprint density at radius 2 is 2.00 bits per heavy atom. The van der Waals surface area contributed by atoms with Gasteiger partial charge in [-0.1, -0.05) is 0 Å². The average Bonchev–Trinajstić information content (AvgIpc) is 2.25. The van der Waals surface area contributed by atoms with Gasteiger partial charge in [0, 0.05) is 6.07 Å². The van der Waals surface area contributed by atoms with Gasteiger partial charge in [0.1, 0.15) is 0 Å². The minimum atomic E-state index is -4.70. The van der Waals surface area contributed by atoms with E-state index >= 15 is 0 Å². The molecule has 0 amide bonds. The van der Waals surface area contributed by atoms with E-state index in [1.165, 1.54) is 7.11 Å². The van der Waals surface area contributed by atoms with Crippen molar-refractivity contribution in [1.29, 1.82) is 0 Å². The van der Waals surface area contributed by atoms with Crippen LogP contribution in [0, 0.1) is 10.1 Å². The first-order chi connectivity index (χ1) is 7.77. The molecule has 0 fully saturated rings. The molecule has 0 aliphatic carbocycles. The topological polar surface area (TPSA) is 130 Å². The maximum atomic E-state index is 11.3. The number of carbonyl (C=O) groups is 1. The van der Waals surface area contributed by atoms with E-state index in [0.29, 0.717) is 0 Å². The number of rotatable bonds is 4. The lowest BCUT2D eigenvalue weighted by Crippen LogP contribution is -2.06. The van der Waals surface area contributed by atoms with Crippen LogP contribution in [0.2, 0.25) is 0 Å². The molecule has 0 spiro atoms. The van der Waals surface area contributed by atoms with Gasteiger partial charge >= 0.3 is 19.2 Å². The molecule has 8 nitrogen and oxygen atoms in total. The van der Waals surface area contributed by atoms with Gasteiger partial charge in [0.05, 0.1) is 17.6 Å². The molecule has 0 heterocycles. The number of hydrogen-bond acceptors (Lipinski definition) is 7. The fourth-order valence-corrected chi connectivity index (χ4v) is 1.62. The van der Waals surface area contributed by atoms with E-state index in [0.717, 1.165) is 18.2 Å². The summed E-state index contributed by atoms with van der Waals surface area (Å²) in [6.07, 6.45) is 0. The first-order valence-corrected chi connectivity index (χ1v) is 5.86. The summed E-state index contributed by atoms with van der Waals surface area (Å²) >= 11 is 0. The molecule has 17 heavy (non-hydrogen) atoms. The second-order valence-electron chi connectivity index (χ2n) is 3.02. The summed E-state index contributed by atoms with van der Waals surface area (Å²) in [4.78, 5) is 47.4. The standard InChI is InChI=1S/C8H9NO7P/c1-16-7-3-2-5(4-6(7)9(11)12)8(10)17(13,14)15/h2-4,13-15H,1H3/q+1. The van der Waals surface area contributed by atoms with Gasteiger partial charge in [0.2, 0.25) is 0 Å². The number of benzene rings is 1. The highest BCUT2D eigenvalue weighted by molar-refractivity contribution is 7.76. The van der Waals surface area contributed by atoms with Crippen LogP contribution in [0.3, 0.4) is 0 Å². The van der Waals surface area contributed by atoms with Crippen LogP contribution < -0.4 is 4.74 Å². The number of methoxy groups -OCH3 is 1. The number of nitro groups is 1. The number of nitrogens with zero attached hydrogens (tertiary/aromatic N) is 1. The Hall–Kier alpha value is -1.60. The van der Waals surface area contributed by atoms with Crippen molar-refractivity contribution in [2.75, 3.05) is 7.11 Å². The minimum absolute atomic E-state index is 0.0793. The molecule has 9 heteroatoms. The molecule has 92 valence electrons. The van der Waals surface area contributed by atoms with E-state index in [-0.39, 0.29) is 11.3 Å². The van der Waals surface area contributed by atoms with E-state index in [9.17, 15) is 14.9 Å². The molecule has 0 aliphatic heterocycles.